The number of halogens is 2. The van der Waals surface area contributed by atoms with Crippen LogP contribution in [0.1, 0.15) is 32.3 Å². The van der Waals surface area contributed by atoms with E-state index < -0.39 is 0 Å². The molecule has 1 nitrogen and oxygen atoms in total. The molecule has 2 N–H and O–H groups in total. The zero-order chi connectivity index (χ0) is 11.3. The van der Waals surface area contributed by atoms with Crippen LogP contribution in [0, 0.1) is 0 Å². The van der Waals surface area contributed by atoms with E-state index in [0.717, 1.165) is 23.4 Å². The quantitative estimate of drug-likeness (QED) is 0.842. The maximum atomic E-state index is 6.22. The molecule has 3 heteroatoms. The molecule has 1 aliphatic carbocycles. The summed E-state index contributed by atoms with van der Waals surface area (Å²) in [5, 5.41) is 1.41. The highest BCUT2D eigenvalue weighted by Crippen LogP contribution is 2.56. The number of nitrogens with two attached hydrogens (primary N) is 1. The highest BCUT2D eigenvalue weighted by molar-refractivity contribution is 6.35. The van der Waals surface area contributed by atoms with Gasteiger partial charge in [-0.05, 0) is 44.4 Å². The normalized spacial score (nSPS) is 19.0. The Labute approximate surface area is 101 Å². The monoisotopic (exact) mass is 243 g/mol. The summed E-state index contributed by atoms with van der Waals surface area (Å²) >= 11 is 12.1. The Hall–Kier alpha value is -0.240. The highest BCUT2D eigenvalue weighted by Gasteiger charge is 2.54. The van der Waals surface area contributed by atoms with Crippen LogP contribution < -0.4 is 5.73 Å². The van der Waals surface area contributed by atoms with E-state index in [1.807, 2.05) is 12.1 Å². The van der Waals surface area contributed by atoms with E-state index >= 15 is 0 Å². The van der Waals surface area contributed by atoms with E-state index in [1.54, 1.807) is 6.07 Å². The van der Waals surface area contributed by atoms with Gasteiger partial charge in [0.15, 0.2) is 0 Å². The smallest absolute Gasteiger partial charge is 0.0459 e. The lowest BCUT2D eigenvalue weighted by atomic mass is 9.79. The summed E-state index contributed by atoms with van der Waals surface area (Å²) in [7, 11) is 0. The summed E-state index contributed by atoms with van der Waals surface area (Å²) in [6, 6.07) is 5.69. The van der Waals surface area contributed by atoms with Crippen LogP contribution in [0.4, 0.5) is 0 Å². The predicted octanol–water partition coefficient (Wildman–Crippen LogP) is 3.76. The average molecular weight is 244 g/mol. The second-order valence-electron chi connectivity index (χ2n) is 4.93. The van der Waals surface area contributed by atoms with Gasteiger partial charge in [-0.1, -0.05) is 29.3 Å². The summed E-state index contributed by atoms with van der Waals surface area (Å²) in [6.45, 7) is 4.12. The summed E-state index contributed by atoms with van der Waals surface area (Å²) in [5.74, 6) is 0. The minimum absolute atomic E-state index is 0.0503. The van der Waals surface area contributed by atoms with Crippen LogP contribution >= 0.6 is 23.2 Å². The van der Waals surface area contributed by atoms with Gasteiger partial charge in [0.05, 0.1) is 0 Å². The van der Waals surface area contributed by atoms with E-state index in [2.05, 4.69) is 13.8 Å². The molecule has 0 radical (unpaired) electrons. The highest BCUT2D eigenvalue weighted by atomic mass is 35.5. The molecule has 0 bridgehead atoms. The largest absolute Gasteiger partial charge is 0.325 e. The standard InChI is InChI=1S/C12H15Cl2N/c1-11(2,15)12(5-6-12)9-4-3-8(13)7-10(9)14/h3-4,7H,5-6,15H2,1-2H3. The molecular weight excluding hydrogens is 229 g/mol. The van der Waals surface area contributed by atoms with Crippen LogP contribution in [0.25, 0.3) is 0 Å². The topological polar surface area (TPSA) is 26.0 Å². The molecule has 15 heavy (non-hydrogen) atoms. The second kappa shape index (κ2) is 3.38. The van der Waals surface area contributed by atoms with Crippen molar-refractivity contribution in [1.29, 1.82) is 0 Å². The molecule has 0 atom stereocenters. The van der Waals surface area contributed by atoms with Gasteiger partial charge in [-0.3, -0.25) is 0 Å². The van der Waals surface area contributed by atoms with E-state index in [4.69, 9.17) is 28.9 Å². The fourth-order valence-corrected chi connectivity index (χ4v) is 2.85. The van der Waals surface area contributed by atoms with Crippen molar-refractivity contribution in [3.05, 3.63) is 33.8 Å². The Morgan fingerprint density at radius 2 is 1.87 bits per heavy atom. The van der Waals surface area contributed by atoms with Crippen molar-refractivity contribution in [2.45, 2.75) is 37.6 Å². The molecule has 1 aromatic carbocycles. The molecule has 0 saturated heterocycles. The third-order valence-electron chi connectivity index (χ3n) is 3.43. The van der Waals surface area contributed by atoms with Gasteiger partial charge >= 0.3 is 0 Å². The van der Waals surface area contributed by atoms with Crippen molar-refractivity contribution in [1.82, 2.24) is 0 Å². The van der Waals surface area contributed by atoms with Gasteiger partial charge < -0.3 is 5.73 Å². The van der Waals surface area contributed by atoms with Gasteiger partial charge in [0, 0.05) is 21.0 Å². The molecule has 0 unspecified atom stereocenters. The zero-order valence-electron chi connectivity index (χ0n) is 8.98. The molecule has 1 aliphatic rings. The molecule has 1 aromatic rings. The predicted molar refractivity (Wildman–Crippen MR) is 65.6 cm³/mol. The van der Waals surface area contributed by atoms with Gasteiger partial charge in [-0.25, -0.2) is 0 Å². The summed E-state index contributed by atoms with van der Waals surface area (Å²) in [4.78, 5) is 0. The average Bonchev–Trinajstić information content (AvgIpc) is 2.83. The molecule has 0 heterocycles. The maximum Gasteiger partial charge on any atom is 0.0459 e. The van der Waals surface area contributed by atoms with Gasteiger partial charge in [0.25, 0.3) is 0 Å². The Bertz CT molecular complexity index is 389. The maximum absolute atomic E-state index is 6.22. The summed E-state index contributed by atoms with van der Waals surface area (Å²) < 4.78 is 0. The lowest BCUT2D eigenvalue weighted by Gasteiger charge is -2.32. The third-order valence-corrected chi connectivity index (χ3v) is 3.98. The Morgan fingerprint density at radius 3 is 2.27 bits per heavy atom. The van der Waals surface area contributed by atoms with Crippen LogP contribution in [-0.4, -0.2) is 5.54 Å². The fourth-order valence-electron chi connectivity index (χ4n) is 2.26. The van der Waals surface area contributed by atoms with E-state index in [-0.39, 0.29) is 11.0 Å². The Kier molecular flexibility index (Phi) is 2.53. The van der Waals surface area contributed by atoms with Crippen molar-refractivity contribution in [3.8, 4) is 0 Å². The van der Waals surface area contributed by atoms with Gasteiger partial charge in [0.1, 0.15) is 0 Å². The molecule has 1 fully saturated rings. The second-order valence-corrected chi connectivity index (χ2v) is 5.77. The van der Waals surface area contributed by atoms with Crippen LogP contribution in [0.5, 0.6) is 0 Å². The molecule has 0 aromatic heterocycles. The Balaban J connectivity index is 2.47. The van der Waals surface area contributed by atoms with Crippen molar-refractivity contribution < 1.29 is 0 Å². The number of rotatable bonds is 2. The van der Waals surface area contributed by atoms with Gasteiger partial charge in [0.2, 0.25) is 0 Å². The van der Waals surface area contributed by atoms with E-state index in [1.165, 1.54) is 0 Å². The van der Waals surface area contributed by atoms with E-state index in [9.17, 15) is 0 Å². The first-order valence-corrected chi connectivity index (χ1v) is 5.87. The van der Waals surface area contributed by atoms with E-state index in [0.29, 0.717) is 5.02 Å². The van der Waals surface area contributed by atoms with Crippen molar-refractivity contribution in [2.75, 3.05) is 0 Å². The number of hydrogen-bond donors (Lipinski definition) is 1. The van der Waals surface area contributed by atoms with Crippen LogP contribution in [0.2, 0.25) is 10.0 Å². The lowest BCUT2D eigenvalue weighted by molar-refractivity contribution is 0.392. The minimum atomic E-state index is -0.232. The first-order chi connectivity index (χ1) is 6.87. The van der Waals surface area contributed by atoms with Crippen molar-refractivity contribution in [2.24, 2.45) is 5.73 Å². The Morgan fingerprint density at radius 1 is 1.27 bits per heavy atom. The van der Waals surface area contributed by atoms with Crippen LogP contribution in [0.3, 0.4) is 0 Å². The van der Waals surface area contributed by atoms with Crippen LogP contribution in [0.15, 0.2) is 18.2 Å². The first kappa shape index (κ1) is 11.3. The summed E-state index contributed by atoms with van der Waals surface area (Å²) in [6.07, 6.45) is 2.22. The zero-order valence-corrected chi connectivity index (χ0v) is 10.5. The van der Waals surface area contributed by atoms with Gasteiger partial charge in [-0.2, -0.15) is 0 Å². The lowest BCUT2D eigenvalue weighted by Crippen LogP contribution is -2.45. The SMILES string of the molecule is CC(C)(N)C1(c2ccc(Cl)cc2Cl)CC1. The molecule has 0 aliphatic heterocycles. The van der Waals surface area contributed by atoms with Crippen molar-refractivity contribution in [3.63, 3.8) is 0 Å². The molecule has 1 saturated carbocycles. The third kappa shape index (κ3) is 1.77. The number of benzene rings is 1. The van der Waals surface area contributed by atoms with Gasteiger partial charge in [-0.15, -0.1) is 0 Å². The fraction of sp³-hybridized carbons (Fsp3) is 0.500. The summed E-state index contributed by atoms with van der Waals surface area (Å²) in [5.41, 5.74) is 7.18. The molecule has 0 spiro atoms. The molecule has 0 amide bonds. The first-order valence-electron chi connectivity index (χ1n) is 5.11. The van der Waals surface area contributed by atoms with Crippen molar-refractivity contribution >= 4 is 23.2 Å². The molecule has 2 rings (SSSR count). The minimum Gasteiger partial charge on any atom is -0.325 e. The molecule has 82 valence electrons. The number of hydrogen-bond acceptors (Lipinski definition) is 1. The molecular formula is C12H15Cl2N. The van der Waals surface area contributed by atoms with Crippen LogP contribution in [-0.2, 0) is 5.41 Å².